The summed E-state index contributed by atoms with van der Waals surface area (Å²) in [5.41, 5.74) is 3.06. The molecule has 0 aliphatic rings. The summed E-state index contributed by atoms with van der Waals surface area (Å²) in [5, 5.41) is 13.1. The smallest absolute Gasteiger partial charge is 0.164 e. The van der Waals surface area contributed by atoms with Gasteiger partial charge in [-0.15, -0.1) is 5.92 Å². The fourth-order valence-electron chi connectivity index (χ4n) is 2.47. The Hall–Kier alpha value is -3.32. The van der Waals surface area contributed by atoms with Crippen LogP contribution in [0.3, 0.4) is 0 Å². The average molecular weight is 315 g/mol. The summed E-state index contributed by atoms with van der Waals surface area (Å²) in [6.07, 6.45) is 1.93. The highest BCUT2D eigenvalue weighted by Gasteiger charge is 2.17. The molecule has 4 nitrogen and oxygen atoms in total. The van der Waals surface area contributed by atoms with Crippen LogP contribution in [0.25, 0.3) is 11.3 Å². The minimum Gasteiger partial charge on any atom is -0.410 e. The van der Waals surface area contributed by atoms with E-state index < -0.39 is 0 Å². The molecular formula is C20H17N3O. The molecule has 1 N–H and O–H groups in total. The van der Waals surface area contributed by atoms with Gasteiger partial charge in [-0.2, -0.15) is 0 Å². The highest BCUT2D eigenvalue weighted by atomic mass is 16.4. The topological polar surface area (TPSA) is 50.4 Å². The van der Waals surface area contributed by atoms with Crippen molar-refractivity contribution in [2.24, 2.45) is 5.16 Å². The second-order valence-electron chi connectivity index (χ2n) is 5.19. The summed E-state index contributed by atoms with van der Waals surface area (Å²) in [4.78, 5) is 4.69. The van der Waals surface area contributed by atoms with Gasteiger partial charge in [0.25, 0.3) is 0 Å². The number of rotatable bonds is 4. The molecular weight excluding hydrogens is 298 g/mol. The van der Waals surface area contributed by atoms with Crippen LogP contribution in [0.4, 0.5) is 0 Å². The van der Waals surface area contributed by atoms with E-state index in [1.54, 1.807) is 6.92 Å². The molecule has 0 fully saturated rings. The molecule has 1 heterocycles. The summed E-state index contributed by atoms with van der Waals surface area (Å²) in [6.45, 7) is 2.28. The Labute approximate surface area is 141 Å². The van der Waals surface area contributed by atoms with E-state index in [4.69, 9.17) is 0 Å². The Morgan fingerprint density at radius 2 is 1.75 bits per heavy atom. The van der Waals surface area contributed by atoms with Crippen molar-refractivity contribution >= 4 is 5.71 Å². The van der Waals surface area contributed by atoms with Gasteiger partial charge in [0.2, 0.25) is 0 Å². The normalized spacial score (nSPS) is 11.0. The molecule has 1 aromatic heterocycles. The number of hydrogen-bond donors (Lipinski definition) is 1. The first-order chi connectivity index (χ1) is 11.8. The Bertz CT molecular complexity index is 900. The molecule has 0 spiro atoms. The number of aromatic nitrogens is 2. The van der Waals surface area contributed by atoms with Crippen molar-refractivity contribution in [3.8, 4) is 23.1 Å². The van der Waals surface area contributed by atoms with Crippen LogP contribution in [0.5, 0.6) is 0 Å². The molecule has 0 aliphatic carbocycles. The van der Waals surface area contributed by atoms with Gasteiger partial charge in [-0.05, 0) is 6.92 Å². The number of hydrogen-bond acceptors (Lipinski definition) is 3. The van der Waals surface area contributed by atoms with E-state index in [9.17, 15) is 5.21 Å². The van der Waals surface area contributed by atoms with Crippen LogP contribution in [0.2, 0.25) is 0 Å². The molecule has 118 valence electrons. The zero-order valence-electron chi connectivity index (χ0n) is 13.3. The Balaban J connectivity index is 2.11. The monoisotopic (exact) mass is 315 g/mol. The maximum atomic E-state index is 9.56. The first-order valence-corrected chi connectivity index (χ1v) is 7.63. The van der Waals surface area contributed by atoms with Crippen LogP contribution in [0, 0.1) is 11.8 Å². The van der Waals surface area contributed by atoms with E-state index in [1.807, 2.05) is 71.4 Å². The van der Waals surface area contributed by atoms with Gasteiger partial charge in [-0.25, -0.2) is 4.98 Å². The van der Waals surface area contributed by atoms with E-state index >= 15 is 0 Å². The van der Waals surface area contributed by atoms with Gasteiger partial charge in [0.1, 0.15) is 0 Å². The molecule has 3 aromatic rings. The number of benzene rings is 2. The first kappa shape index (κ1) is 15.6. The summed E-state index contributed by atoms with van der Waals surface area (Å²) in [7, 11) is 0. The summed E-state index contributed by atoms with van der Waals surface area (Å²) >= 11 is 0. The van der Waals surface area contributed by atoms with Crippen molar-refractivity contribution in [1.82, 2.24) is 9.55 Å². The Morgan fingerprint density at radius 3 is 2.38 bits per heavy atom. The van der Waals surface area contributed by atoms with E-state index in [0.29, 0.717) is 18.1 Å². The molecule has 3 rings (SSSR count). The number of oxime groups is 1. The van der Waals surface area contributed by atoms with Gasteiger partial charge in [0, 0.05) is 17.3 Å². The molecule has 0 saturated heterocycles. The molecule has 24 heavy (non-hydrogen) atoms. The van der Waals surface area contributed by atoms with Gasteiger partial charge in [0.05, 0.1) is 12.2 Å². The molecule has 0 unspecified atom stereocenters. The molecule has 0 bridgehead atoms. The highest BCUT2D eigenvalue weighted by molar-refractivity contribution is 6.10. The van der Waals surface area contributed by atoms with Crippen molar-refractivity contribution in [3.63, 3.8) is 0 Å². The van der Waals surface area contributed by atoms with Crippen LogP contribution in [0.1, 0.15) is 18.3 Å². The first-order valence-electron chi connectivity index (χ1n) is 7.63. The largest absolute Gasteiger partial charge is 0.410 e. The number of nitrogens with zero attached hydrogens (tertiary/aromatic N) is 3. The standard InChI is InChI=1S/C20H17N3O/c1-2-3-14-23-15-18(16-10-6-4-7-11-16)21-20(23)19(22-24)17-12-8-5-9-13-17/h4-13,15,24H,14H2,1H3. The van der Waals surface area contributed by atoms with Crippen molar-refractivity contribution < 1.29 is 5.21 Å². The zero-order valence-corrected chi connectivity index (χ0v) is 13.3. The van der Waals surface area contributed by atoms with E-state index in [0.717, 1.165) is 16.8 Å². The second kappa shape index (κ2) is 7.30. The van der Waals surface area contributed by atoms with Crippen LogP contribution < -0.4 is 0 Å². The molecule has 0 radical (unpaired) electrons. The molecule has 2 aromatic carbocycles. The fraction of sp³-hybridized carbons (Fsp3) is 0.100. The van der Waals surface area contributed by atoms with Gasteiger partial charge in [-0.3, -0.25) is 0 Å². The Morgan fingerprint density at radius 1 is 1.08 bits per heavy atom. The Kier molecular flexibility index (Phi) is 4.73. The van der Waals surface area contributed by atoms with Crippen molar-refractivity contribution in [1.29, 1.82) is 0 Å². The summed E-state index contributed by atoms with van der Waals surface area (Å²) < 4.78 is 1.90. The SMILES string of the molecule is CC#CCn1cc(-c2ccccc2)nc1C(=NO)c1ccccc1. The van der Waals surface area contributed by atoms with E-state index in [2.05, 4.69) is 22.0 Å². The predicted molar refractivity (Wildman–Crippen MR) is 95.0 cm³/mol. The maximum absolute atomic E-state index is 9.56. The molecule has 0 aliphatic heterocycles. The lowest BCUT2D eigenvalue weighted by atomic mass is 10.1. The third kappa shape index (κ3) is 3.21. The quantitative estimate of drug-likeness (QED) is 0.344. The summed E-state index contributed by atoms with van der Waals surface area (Å²) in [5.74, 6) is 6.51. The van der Waals surface area contributed by atoms with Crippen LogP contribution in [0.15, 0.2) is 72.0 Å². The third-order valence-corrected chi connectivity index (χ3v) is 3.63. The molecule has 4 heteroatoms. The predicted octanol–water partition coefficient (Wildman–Crippen LogP) is 3.80. The molecule has 0 atom stereocenters. The lowest BCUT2D eigenvalue weighted by Crippen LogP contribution is -2.12. The van der Waals surface area contributed by atoms with Gasteiger partial charge < -0.3 is 9.77 Å². The van der Waals surface area contributed by atoms with Crippen LogP contribution in [-0.2, 0) is 6.54 Å². The maximum Gasteiger partial charge on any atom is 0.164 e. The van der Waals surface area contributed by atoms with Crippen molar-refractivity contribution in [2.75, 3.05) is 0 Å². The van der Waals surface area contributed by atoms with Crippen LogP contribution in [-0.4, -0.2) is 20.5 Å². The van der Waals surface area contributed by atoms with Gasteiger partial charge >= 0.3 is 0 Å². The fourth-order valence-corrected chi connectivity index (χ4v) is 2.47. The minimum absolute atomic E-state index is 0.427. The van der Waals surface area contributed by atoms with Crippen molar-refractivity contribution in [2.45, 2.75) is 13.5 Å². The van der Waals surface area contributed by atoms with Crippen molar-refractivity contribution in [3.05, 3.63) is 78.2 Å². The average Bonchev–Trinajstić information content (AvgIpc) is 3.06. The van der Waals surface area contributed by atoms with E-state index in [1.165, 1.54) is 0 Å². The van der Waals surface area contributed by atoms with Gasteiger partial charge in [-0.1, -0.05) is 71.7 Å². The lowest BCUT2D eigenvalue weighted by molar-refractivity contribution is 0.319. The van der Waals surface area contributed by atoms with Crippen LogP contribution >= 0.6 is 0 Å². The third-order valence-electron chi connectivity index (χ3n) is 3.63. The molecule has 0 amide bonds. The zero-order chi connectivity index (χ0) is 16.8. The van der Waals surface area contributed by atoms with E-state index in [-0.39, 0.29) is 0 Å². The minimum atomic E-state index is 0.427. The summed E-state index contributed by atoms with van der Waals surface area (Å²) in [6, 6.07) is 19.4. The highest BCUT2D eigenvalue weighted by Crippen LogP contribution is 2.20. The van der Waals surface area contributed by atoms with Gasteiger partial charge in [0.15, 0.2) is 11.5 Å². The second-order valence-corrected chi connectivity index (χ2v) is 5.19. The lowest BCUT2D eigenvalue weighted by Gasteiger charge is -2.06. The molecule has 0 saturated carbocycles. The number of imidazole rings is 1.